The first-order valence-electron chi connectivity index (χ1n) is 10.7. The standard InChI is InChI=1S/C26H24N2O5/c1-16(25(30)31)27-24(29)23(17-9-3-2-4-10-17)28-26(32)33-15-22-20-13-7-5-11-18(20)19-12-6-8-14-21(19)22/h2-14,16,22-23H,15H2,1H3,(H,27,29)(H,28,32)(H,30,31)/t16-,23-/m1/s1. The third-order valence-corrected chi connectivity index (χ3v) is 5.73. The van der Waals surface area contributed by atoms with E-state index in [4.69, 9.17) is 9.84 Å². The topological polar surface area (TPSA) is 105 Å². The fourth-order valence-electron chi connectivity index (χ4n) is 4.06. The summed E-state index contributed by atoms with van der Waals surface area (Å²) >= 11 is 0. The molecule has 168 valence electrons. The van der Waals surface area contributed by atoms with Crippen molar-refractivity contribution >= 4 is 18.0 Å². The quantitative estimate of drug-likeness (QED) is 0.513. The molecule has 33 heavy (non-hydrogen) atoms. The predicted molar refractivity (Wildman–Crippen MR) is 123 cm³/mol. The zero-order valence-electron chi connectivity index (χ0n) is 18.0. The molecule has 2 amide bonds. The highest BCUT2D eigenvalue weighted by Crippen LogP contribution is 2.44. The van der Waals surface area contributed by atoms with Crippen molar-refractivity contribution in [3.63, 3.8) is 0 Å². The molecule has 1 aliphatic carbocycles. The Labute approximate surface area is 191 Å². The van der Waals surface area contributed by atoms with E-state index in [0.29, 0.717) is 5.56 Å². The predicted octanol–water partition coefficient (Wildman–Crippen LogP) is 3.86. The molecule has 4 rings (SSSR count). The molecule has 1 aliphatic rings. The second kappa shape index (κ2) is 9.56. The fraction of sp³-hybridized carbons (Fsp3) is 0.192. The molecule has 0 aromatic heterocycles. The lowest BCUT2D eigenvalue weighted by atomic mass is 9.98. The van der Waals surface area contributed by atoms with E-state index in [1.54, 1.807) is 30.3 Å². The molecule has 7 heteroatoms. The van der Waals surface area contributed by atoms with Crippen LogP contribution in [0.1, 0.15) is 35.6 Å². The minimum Gasteiger partial charge on any atom is -0.480 e. The van der Waals surface area contributed by atoms with Gasteiger partial charge in [0, 0.05) is 5.92 Å². The minimum atomic E-state index is -1.17. The summed E-state index contributed by atoms with van der Waals surface area (Å²) < 4.78 is 5.55. The lowest BCUT2D eigenvalue weighted by Gasteiger charge is -2.21. The SMILES string of the molecule is C[C@@H](NC(=O)[C@H](NC(=O)OCC1c2ccccc2-c2ccccc21)c1ccccc1)C(=O)O. The number of rotatable bonds is 7. The maximum absolute atomic E-state index is 12.7. The van der Waals surface area contributed by atoms with E-state index in [9.17, 15) is 14.4 Å². The van der Waals surface area contributed by atoms with Gasteiger partial charge in [-0.3, -0.25) is 9.59 Å². The molecule has 0 radical (unpaired) electrons. The Balaban J connectivity index is 1.48. The van der Waals surface area contributed by atoms with Gasteiger partial charge in [0.2, 0.25) is 5.91 Å². The zero-order chi connectivity index (χ0) is 23.4. The summed E-state index contributed by atoms with van der Waals surface area (Å²) in [7, 11) is 0. The van der Waals surface area contributed by atoms with Crippen molar-refractivity contribution in [2.24, 2.45) is 0 Å². The number of amides is 2. The summed E-state index contributed by atoms with van der Waals surface area (Å²) in [5.41, 5.74) is 4.91. The number of carboxylic acids is 1. The van der Waals surface area contributed by atoms with Crippen LogP contribution >= 0.6 is 0 Å². The molecule has 0 aliphatic heterocycles. The zero-order valence-corrected chi connectivity index (χ0v) is 18.0. The van der Waals surface area contributed by atoms with Gasteiger partial charge in [-0.25, -0.2) is 4.79 Å². The van der Waals surface area contributed by atoms with E-state index in [1.807, 2.05) is 48.5 Å². The normalized spacial score (nSPS) is 13.8. The number of carboxylic acid groups (broad SMARTS) is 1. The number of fused-ring (bicyclic) bond motifs is 3. The van der Waals surface area contributed by atoms with Crippen LogP contribution in [0.15, 0.2) is 78.9 Å². The van der Waals surface area contributed by atoms with Crippen LogP contribution < -0.4 is 10.6 Å². The maximum Gasteiger partial charge on any atom is 0.408 e. The third kappa shape index (κ3) is 4.72. The van der Waals surface area contributed by atoms with Crippen molar-refractivity contribution < 1.29 is 24.2 Å². The first-order valence-corrected chi connectivity index (χ1v) is 10.7. The average Bonchev–Trinajstić information content (AvgIpc) is 3.15. The van der Waals surface area contributed by atoms with E-state index >= 15 is 0 Å². The van der Waals surface area contributed by atoms with Gasteiger partial charge in [0.1, 0.15) is 18.7 Å². The van der Waals surface area contributed by atoms with Crippen LogP contribution in [0.3, 0.4) is 0 Å². The first kappa shape index (κ1) is 22.1. The van der Waals surface area contributed by atoms with Gasteiger partial charge in [0.05, 0.1) is 0 Å². The highest BCUT2D eigenvalue weighted by Gasteiger charge is 2.30. The number of carbonyl (C=O) groups is 3. The molecule has 0 saturated heterocycles. The number of ether oxygens (including phenoxy) is 1. The first-order chi connectivity index (χ1) is 16.0. The second-order valence-corrected chi connectivity index (χ2v) is 7.88. The van der Waals surface area contributed by atoms with Gasteiger partial charge in [-0.1, -0.05) is 78.9 Å². The Morgan fingerprint density at radius 1 is 0.848 bits per heavy atom. The fourth-order valence-corrected chi connectivity index (χ4v) is 4.06. The van der Waals surface area contributed by atoms with Crippen molar-refractivity contribution in [3.8, 4) is 11.1 Å². The molecule has 0 heterocycles. The number of alkyl carbamates (subject to hydrolysis) is 1. The van der Waals surface area contributed by atoms with Crippen molar-refractivity contribution in [1.29, 1.82) is 0 Å². The molecule has 0 saturated carbocycles. The van der Waals surface area contributed by atoms with Gasteiger partial charge in [0.25, 0.3) is 0 Å². The number of hydrogen-bond donors (Lipinski definition) is 3. The largest absolute Gasteiger partial charge is 0.480 e. The van der Waals surface area contributed by atoms with E-state index in [-0.39, 0.29) is 12.5 Å². The maximum atomic E-state index is 12.7. The minimum absolute atomic E-state index is 0.106. The highest BCUT2D eigenvalue weighted by molar-refractivity contribution is 5.90. The summed E-state index contributed by atoms with van der Waals surface area (Å²) in [6.07, 6.45) is -0.760. The molecule has 3 aromatic rings. The summed E-state index contributed by atoms with van der Waals surface area (Å²) in [6, 6.07) is 22.4. The molecule has 7 nitrogen and oxygen atoms in total. The lowest BCUT2D eigenvalue weighted by Crippen LogP contribution is -2.46. The molecular formula is C26H24N2O5. The Bertz CT molecular complexity index is 1130. The summed E-state index contributed by atoms with van der Waals surface area (Å²) in [6.45, 7) is 1.46. The van der Waals surface area contributed by atoms with Crippen molar-refractivity contribution in [2.45, 2.75) is 24.9 Å². The van der Waals surface area contributed by atoms with Gasteiger partial charge in [0.15, 0.2) is 0 Å². The second-order valence-electron chi connectivity index (χ2n) is 7.88. The monoisotopic (exact) mass is 444 g/mol. The highest BCUT2D eigenvalue weighted by atomic mass is 16.5. The van der Waals surface area contributed by atoms with Crippen LogP contribution in [0.2, 0.25) is 0 Å². The van der Waals surface area contributed by atoms with Crippen molar-refractivity contribution in [3.05, 3.63) is 95.6 Å². The van der Waals surface area contributed by atoms with Crippen LogP contribution in [-0.4, -0.2) is 35.7 Å². The molecule has 0 fully saturated rings. The van der Waals surface area contributed by atoms with Crippen molar-refractivity contribution in [1.82, 2.24) is 10.6 Å². The van der Waals surface area contributed by atoms with Gasteiger partial charge < -0.3 is 20.5 Å². The number of aliphatic carboxylic acids is 1. The van der Waals surface area contributed by atoms with Gasteiger partial charge in [-0.15, -0.1) is 0 Å². The number of carbonyl (C=O) groups excluding carboxylic acids is 2. The summed E-state index contributed by atoms with van der Waals surface area (Å²) in [5, 5.41) is 14.1. The molecule has 0 spiro atoms. The molecule has 3 aromatic carbocycles. The van der Waals surface area contributed by atoms with Crippen LogP contribution in [0.5, 0.6) is 0 Å². The molecule has 0 unspecified atom stereocenters. The van der Waals surface area contributed by atoms with Gasteiger partial charge in [-0.05, 0) is 34.7 Å². The molecular weight excluding hydrogens is 420 g/mol. The summed E-state index contributed by atoms with van der Waals surface area (Å²) in [4.78, 5) is 36.6. The van der Waals surface area contributed by atoms with Gasteiger partial charge in [-0.2, -0.15) is 0 Å². The van der Waals surface area contributed by atoms with Crippen LogP contribution in [-0.2, 0) is 14.3 Å². The Hall–Kier alpha value is -4.13. The third-order valence-electron chi connectivity index (χ3n) is 5.73. The molecule has 0 bridgehead atoms. The Morgan fingerprint density at radius 2 is 1.39 bits per heavy atom. The Morgan fingerprint density at radius 3 is 1.97 bits per heavy atom. The van der Waals surface area contributed by atoms with Crippen LogP contribution in [0.4, 0.5) is 4.79 Å². The number of nitrogens with one attached hydrogen (secondary N) is 2. The van der Waals surface area contributed by atoms with Crippen LogP contribution in [0.25, 0.3) is 11.1 Å². The van der Waals surface area contributed by atoms with E-state index < -0.39 is 30.1 Å². The van der Waals surface area contributed by atoms with Gasteiger partial charge >= 0.3 is 12.1 Å². The lowest BCUT2D eigenvalue weighted by molar-refractivity contribution is -0.141. The smallest absolute Gasteiger partial charge is 0.408 e. The molecule has 2 atom stereocenters. The van der Waals surface area contributed by atoms with E-state index in [1.165, 1.54) is 6.92 Å². The Kier molecular flexibility index (Phi) is 6.40. The number of hydrogen-bond acceptors (Lipinski definition) is 4. The van der Waals surface area contributed by atoms with E-state index in [0.717, 1.165) is 22.3 Å². The van der Waals surface area contributed by atoms with Crippen LogP contribution in [0, 0.1) is 0 Å². The summed E-state index contributed by atoms with van der Waals surface area (Å²) in [5.74, 6) is -1.92. The van der Waals surface area contributed by atoms with E-state index in [2.05, 4.69) is 10.6 Å². The molecule has 3 N–H and O–H groups in total. The average molecular weight is 444 g/mol. The number of benzene rings is 3. The van der Waals surface area contributed by atoms with Crippen molar-refractivity contribution in [2.75, 3.05) is 6.61 Å².